The van der Waals surface area contributed by atoms with E-state index >= 15 is 0 Å². The standard InChI is InChI=1S/C9H11FN2.ClH/c1-6-4-7(5-9(11)12)2-3-8(6)10;/h2-4H,5H2,1H3,(H3,11,12);1H. The monoisotopic (exact) mass is 202 g/mol. The first-order chi connectivity index (χ1) is 5.59. The van der Waals surface area contributed by atoms with E-state index in [9.17, 15) is 4.39 Å². The van der Waals surface area contributed by atoms with Crippen LogP contribution in [0.4, 0.5) is 4.39 Å². The van der Waals surface area contributed by atoms with Crippen molar-refractivity contribution < 1.29 is 4.39 Å². The van der Waals surface area contributed by atoms with Crippen LogP contribution in [0.1, 0.15) is 11.1 Å². The highest BCUT2D eigenvalue weighted by Gasteiger charge is 1.99. The molecule has 0 fully saturated rings. The van der Waals surface area contributed by atoms with Crippen molar-refractivity contribution in [2.45, 2.75) is 13.3 Å². The van der Waals surface area contributed by atoms with Gasteiger partial charge in [0, 0.05) is 6.42 Å². The van der Waals surface area contributed by atoms with E-state index in [-0.39, 0.29) is 24.1 Å². The van der Waals surface area contributed by atoms with Gasteiger partial charge in [-0.15, -0.1) is 12.4 Å². The Kier molecular flexibility index (Phi) is 4.42. The fourth-order valence-corrected chi connectivity index (χ4v) is 1.04. The number of halogens is 2. The molecule has 0 aromatic heterocycles. The van der Waals surface area contributed by atoms with Crippen molar-refractivity contribution in [1.82, 2.24) is 0 Å². The third-order valence-electron chi connectivity index (χ3n) is 1.62. The molecular weight excluding hydrogens is 191 g/mol. The van der Waals surface area contributed by atoms with Crippen LogP contribution in [0.25, 0.3) is 0 Å². The molecule has 72 valence electrons. The van der Waals surface area contributed by atoms with Gasteiger partial charge in [-0.2, -0.15) is 0 Å². The smallest absolute Gasteiger partial charge is 0.126 e. The summed E-state index contributed by atoms with van der Waals surface area (Å²) in [6.45, 7) is 1.69. The van der Waals surface area contributed by atoms with E-state index in [0.29, 0.717) is 12.0 Å². The van der Waals surface area contributed by atoms with Gasteiger partial charge in [0.1, 0.15) is 5.82 Å². The minimum Gasteiger partial charge on any atom is -0.387 e. The van der Waals surface area contributed by atoms with Gasteiger partial charge in [-0.05, 0) is 24.1 Å². The number of nitrogens with one attached hydrogen (secondary N) is 1. The molecule has 1 aromatic carbocycles. The van der Waals surface area contributed by atoms with Crippen LogP contribution < -0.4 is 5.73 Å². The van der Waals surface area contributed by atoms with Crippen LogP contribution >= 0.6 is 12.4 Å². The maximum atomic E-state index is 12.8. The summed E-state index contributed by atoms with van der Waals surface area (Å²) >= 11 is 0. The van der Waals surface area contributed by atoms with Crippen molar-refractivity contribution >= 4 is 18.2 Å². The molecular formula is C9H12ClFN2. The summed E-state index contributed by atoms with van der Waals surface area (Å²) in [6, 6.07) is 4.74. The van der Waals surface area contributed by atoms with Crippen LogP contribution in [0.15, 0.2) is 18.2 Å². The zero-order valence-electron chi connectivity index (χ0n) is 7.30. The van der Waals surface area contributed by atoms with Gasteiger partial charge in [0.2, 0.25) is 0 Å². The molecule has 1 aromatic rings. The second-order valence-electron chi connectivity index (χ2n) is 2.79. The minimum atomic E-state index is -0.220. The molecule has 3 N–H and O–H groups in total. The molecule has 0 spiro atoms. The number of benzene rings is 1. The molecule has 0 unspecified atom stereocenters. The minimum absolute atomic E-state index is 0. The molecule has 0 atom stereocenters. The summed E-state index contributed by atoms with van der Waals surface area (Å²) in [4.78, 5) is 0. The van der Waals surface area contributed by atoms with Crippen molar-refractivity contribution in [1.29, 1.82) is 5.41 Å². The van der Waals surface area contributed by atoms with E-state index in [1.165, 1.54) is 6.07 Å². The van der Waals surface area contributed by atoms with Crippen molar-refractivity contribution in [3.63, 3.8) is 0 Å². The molecule has 0 amide bonds. The Bertz CT molecular complexity index is 312. The van der Waals surface area contributed by atoms with Crippen LogP contribution in [0.2, 0.25) is 0 Å². The number of amidine groups is 1. The van der Waals surface area contributed by atoms with Crippen LogP contribution in [-0.2, 0) is 6.42 Å². The van der Waals surface area contributed by atoms with Gasteiger partial charge >= 0.3 is 0 Å². The first kappa shape index (κ1) is 11.9. The molecule has 1 rings (SSSR count). The van der Waals surface area contributed by atoms with Gasteiger partial charge in [-0.1, -0.05) is 12.1 Å². The summed E-state index contributed by atoms with van der Waals surface area (Å²) < 4.78 is 12.8. The fraction of sp³-hybridized carbons (Fsp3) is 0.222. The molecule has 0 bridgehead atoms. The van der Waals surface area contributed by atoms with Gasteiger partial charge in [-0.25, -0.2) is 4.39 Å². The van der Waals surface area contributed by atoms with Crippen molar-refractivity contribution in [2.75, 3.05) is 0 Å². The van der Waals surface area contributed by atoms with Crippen molar-refractivity contribution in [2.24, 2.45) is 5.73 Å². The Labute approximate surface area is 82.9 Å². The lowest BCUT2D eigenvalue weighted by atomic mass is 10.1. The highest BCUT2D eigenvalue weighted by Crippen LogP contribution is 2.09. The van der Waals surface area contributed by atoms with E-state index in [1.807, 2.05) is 0 Å². The first-order valence-corrected chi connectivity index (χ1v) is 3.67. The maximum Gasteiger partial charge on any atom is 0.126 e. The first-order valence-electron chi connectivity index (χ1n) is 3.67. The molecule has 0 aliphatic heterocycles. The lowest BCUT2D eigenvalue weighted by Crippen LogP contribution is -2.12. The molecule has 0 heterocycles. The molecule has 0 radical (unpaired) electrons. The lowest BCUT2D eigenvalue weighted by molar-refractivity contribution is 0.618. The zero-order valence-corrected chi connectivity index (χ0v) is 8.12. The van der Waals surface area contributed by atoms with Crippen LogP contribution in [-0.4, -0.2) is 5.84 Å². The number of hydrogen-bond acceptors (Lipinski definition) is 1. The summed E-state index contributed by atoms with van der Waals surface area (Å²) in [5.41, 5.74) is 6.67. The van der Waals surface area contributed by atoms with Crippen molar-refractivity contribution in [3.8, 4) is 0 Å². The average Bonchev–Trinajstić information content (AvgIpc) is 1.96. The number of hydrogen-bond donors (Lipinski definition) is 2. The Morgan fingerprint density at radius 2 is 2.15 bits per heavy atom. The number of nitrogens with two attached hydrogens (primary N) is 1. The fourth-order valence-electron chi connectivity index (χ4n) is 1.04. The zero-order chi connectivity index (χ0) is 9.14. The molecule has 13 heavy (non-hydrogen) atoms. The lowest BCUT2D eigenvalue weighted by Gasteiger charge is -2.01. The van der Waals surface area contributed by atoms with Gasteiger partial charge in [0.15, 0.2) is 0 Å². The van der Waals surface area contributed by atoms with E-state index in [0.717, 1.165) is 5.56 Å². The number of rotatable bonds is 2. The SMILES string of the molecule is Cc1cc(CC(=N)N)ccc1F.Cl. The molecule has 0 saturated carbocycles. The van der Waals surface area contributed by atoms with Gasteiger partial charge < -0.3 is 5.73 Å². The molecule has 0 aliphatic carbocycles. The Morgan fingerprint density at radius 3 is 2.62 bits per heavy atom. The highest BCUT2D eigenvalue weighted by molar-refractivity contribution is 5.85. The summed E-state index contributed by atoms with van der Waals surface area (Å²) in [7, 11) is 0. The maximum absolute atomic E-state index is 12.8. The van der Waals surface area contributed by atoms with Crippen LogP contribution in [0.3, 0.4) is 0 Å². The van der Waals surface area contributed by atoms with E-state index < -0.39 is 0 Å². The van der Waals surface area contributed by atoms with Gasteiger partial charge in [0.05, 0.1) is 5.84 Å². The normalized spacial score (nSPS) is 9.08. The number of aryl methyl sites for hydroxylation is 1. The Hall–Kier alpha value is -1.09. The van der Waals surface area contributed by atoms with E-state index in [2.05, 4.69) is 0 Å². The molecule has 0 saturated heterocycles. The topological polar surface area (TPSA) is 49.9 Å². The van der Waals surface area contributed by atoms with Gasteiger partial charge in [-0.3, -0.25) is 5.41 Å². The van der Waals surface area contributed by atoms with Crippen LogP contribution in [0.5, 0.6) is 0 Å². The summed E-state index contributed by atoms with van der Waals surface area (Å²) in [6.07, 6.45) is 0.390. The average molecular weight is 203 g/mol. The largest absolute Gasteiger partial charge is 0.387 e. The molecule has 2 nitrogen and oxygen atoms in total. The predicted octanol–water partition coefficient (Wildman–Crippen LogP) is 2.03. The second kappa shape index (κ2) is 4.82. The third-order valence-corrected chi connectivity index (χ3v) is 1.62. The third kappa shape index (κ3) is 3.42. The Balaban J connectivity index is 0.00000144. The van der Waals surface area contributed by atoms with Crippen molar-refractivity contribution in [3.05, 3.63) is 35.1 Å². The molecule has 4 heteroatoms. The summed E-state index contributed by atoms with van der Waals surface area (Å²) in [5.74, 6) is -0.122. The predicted molar refractivity (Wildman–Crippen MR) is 54.0 cm³/mol. The van der Waals surface area contributed by atoms with E-state index in [4.69, 9.17) is 11.1 Å². The van der Waals surface area contributed by atoms with Crippen LogP contribution in [0, 0.1) is 18.2 Å². The van der Waals surface area contributed by atoms with E-state index in [1.54, 1.807) is 19.1 Å². The highest BCUT2D eigenvalue weighted by atomic mass is 35.5. The van der Waals surface area contributed by atoms with Gasteiger partial charge in [0.25, 0.3) is 0 Å². The Morgan fingerprint density at radius 1 is 1.54 bits per heavy atom. The second-order valence-corrected chi connectivity index (χ2v) is 2.79. The summed E-state index contributed by atoms with van der Waals surface area (Å²) in [5, 5.41) is 7.04. The molecule has 0 aliphatic rings. The quantitative estimate of drug-likeness (QED) is 0.560.